The van der Waals surface area contributed by atoms with Gasteiger partial charge >= 0.3 is 0 Å². The summed E-state index contributed by atoms with van der Waals surface area (Å²) in [6, 6.07) is 16.3. The molecule has 1 amide bonds. The highest BCUT2D eigenvalue weighted by Gasteiger charge is 2.20. The van der Waals surface area contributed by atoms with E-state index in [2.05, 4.69) is 35.0 Å². The SMILES string of the molecule is Cc1ccc(OCCCn2c(CCNC(=O)C(C)(C)C)nc3ccccc32)cc1.[Cl-]. The van der Waals surface area contributed by atoms with Gasteiger partial charge in [-0.3, -0.25) is 4.79 Å². The molecule has 0 saturated carbocycles. The van der Waals surface area contributed by atoms with Gasteiger partial charge in [0.2, 0.25) is 5.91 Å². The first-order chi connectivity index (χ1) is 13.8. The van der Waals surface area contributed by atoms with Crippen LogP contribution in [0.5, 0.6) is 5.75 Å². The van der Waals surface area contributed by atoms with Crippen molar-refractivity contribution in [2.24, 2.45) is 5.41 Å². The van der Waals surface area contributed by atoms with Crippen LogP contribution >= 0.6 is 0 Å². The third-order valence-corrected chi connectivity index (χ3v) is 4.86. The second kappa shape index (κ2) is 10.5. The summed E-state index contributed by atoms with van der Waals surface area (Å²) < 4.78 is 8.12. The lowest BCUT2D eigenvalue weighted by atomic mass is 9.96. The summed E-state index contributed by atoms with van der Waals surface area (Å²) >= 11 is 0. The minimum absolute atomic E-state index is 0. The first kappa shape index (κ1) is 23.7. The van der Waals surface area contributed by atoms with Crippen LogP contribution in [0.25, 0.3) is 11.0 Å². The Bertz CT molecular complexity index is 959. The Kier molecular flexibility index (Phi) is 8.30. The average Bonchev–Trinajstić information content (AvgIpc) is 3.03. The lowest BCUT2D eigenvalue weighted by Crippen LogP contribution is -3.00. The quantitative estimate of drug-likeness (QED) is 0.553. The van der Waals surface area contributed by atoms with Gasteiger partial charge in [-0.25, -0.2) is 4.98 Å². The van der Waals surface area contributed by atoms with E-state index in [1.54, 1.807) is 0 Å². The fraction of sp³-hybridized carbons (Fsp3) is 0.417. The van der Waals surface area contributed by atoms with E-state index in [0.717, 1.165) is 35.6 Å². The van der Waals surface area contributed by atoms with Crippen molar-refractivity contribution in [2.75, 3.05) is 13.2 Å². The Morgan fingerprint density at radius 2 is 1.80 bits per heavy atom. The molecule has 3 aromatic rings. The second-order valence-electron chi connectivity index (χ2n) is 8.44. The van der Waals surface area contributed by atoms with Gasteiger partial charge < -0.3 is 27.0 Å². The van der Waals surface area contributed by atoms with Gasteiger partial charge in [-0.2, -0.15) is 0 Å². The zero-order chi connectivity index (χ0) is 20.9. The topological polar surface area (TPSA) is 56.1 Å². The van der Waals surface area contributed by atoms with Gasteiger partial charge in [-0.15, -0.1) is 0 Å². The molecule has 0 aliphatic heterocycles. The molecule has 162 valence electrons. The highest BCUT2D eigenvalue weighted by Crippen LogP contribution is 2.18. The number of nitrogens with one attached hydrogen (secondary N) is 1. The number of nitrogens with zero attached hydrogens (tertiary/aromatic N) is 2. The highest BCUT2D eigenvalue weighted by atomic mass is 35.5. The molecule has 0 atom stereocenters. The van der Waals surface area contributed by atoms with E-state index in [0.29, 0.717) is 19.6 Å². The molecule has 0 saturated heterocycles. The number of para-hydroxylation sites is 2. The monoisotopic (exact) mass is 428 g/mol. The number of fused-ring (bicyclic) bond motifs is 1. The summed E-state index contributed by atoms with van der Waals surface area (Å²) in [6.07, 6.45) is 1.59. The van der Waals surface area contributed by atoms with Gasteiger partial charge in [-0.1, -0.05) is 50.6 Å². The van der Waals surface area contributed by atoms with Crippen LogP contribution < -0.4 is 22.5 Å². The van der Waals surface area contributed by atoms with E-state index in [1.165, 1.54) is 5.56 Å². The molecule has 0 spiro atoms. The number of carbonyl (C=O) groups excluding carboxylic acids is 1. The maximum absolute atomic E-state index is 12.1. The highest BCUT2D eigenvalue weighted by molar-refractivity contribution is 5.81. The fourth-order valence-electron chi connectivity index (χ4n) is 3.17. The van der Waals surface area contributed by atoms with Crippen molar-refractivity contribution in [3.63, 3.8) is 0 Å². The summed E-state index contributed by atoms with van der Waals surface area (Å²) in [5, 5.41) is 3.02. The minimum Gasteiger partial charge on any atom is -1.00 e. The Hall–Kier alpha value is -2.53. The number of carbonyl (C=O) groups is 1. The number of hydrogen-bond acceptors (Lipinski definition) is 3. The Morgan fingerprint density at radius 1 is 1.10 bits per heavy atom. The number of benzene rings is 2. The summed E-state index contributed by atoms with van der Waals surface area (Å²) in [4.78, 5) is 16.9. The van der Waals surface area contributed by atoms with Crippen LogP contribution in [-0.4, -0.2) is 28.6 Å². The zero-order valence-electron chi connectivity index (χ0n) is 18.2. The van der Waals surface area contributed by atoms with Crippen LogP contribution in [0, 0.1) is 12.3 Å². The molecule has 0 aliphatic rings. The standard InChI is InChI=1S/C24H31N3O2.ClH/c1-18-10-12-19(13-11-18)29-17-7-16-27-21-9-6-5-8-20(21)26-22(27)14-15-25-23(28)24(2,3)4;/h5-6,8-13H,7,14-17H2,1-4H3,(H,25,28);1H/p-1. The first-order valence-corrected chi connectivity index (χ1v) is 10.3. The molecule has 0 fully saturated rings. The predicted molar refractivity (Wildman–Crippen MR) is 117 cm³/mol. The van der Waals surface area contributed by atoms with Crippen molar-refractivity contribution < 1.29 is 21.9 Å². The van der Waals surface area contributed by atoms with Crippen LogP contribution in [0.15, 0.2) is 48.5 Å². The largest absolute Gasteiger partial charge is 1.00 e. The van der Waals surface area contributed by atoms with Gasteiger partial charge in [0.25, 0.3) is 0 Å². The zero-order valence-corrected chi connectivity index (χ0v) is 19.0. The van der Waals surface area contributed by atoms with Crippen LogP contribution in [0.4, 0.5) is 0 Å². The van der Waals surface area contributed by atoms with Gasteiger partial charge in [0.05, 0.1) is 17.6 Å². The number of aryl methyl sites for hydroxylation is 2. The van der Waals surface area contributed by atoms with Crippen molar-refractivity contribution in [1.29, 1.82) is 0 Å². The first-order valence-electron chi connectivity index (χ1n) is 10.3. The average molecular weight is 429 g/mol. The number of imidazole rings is 1. The van der Waals surface area contributed by atoms with Gasteiger partial charge in [0.1, 0.15) is 11.6 Å². The molecular weight excluding hydrogens is 398 g/mol. The number of aromatic nitrogens is 2. The summed E-state index contributed by atoms with van der Waals surface area (Å²) in [5.41, 5.74) is 2.96. The summed E-state index contributed by atoms with van der Waals surface area (Å²) in [7, 11) is 0. The third kappa shape index (κ3) is 6.23. The molecule has 30 heavy (non-hydrogen) atoms. The Labute approximate surface area is 185 Å². The van der Waals surface area contributed by atoms with Crippen molar-refractivity contribution in [3.8, 4) is 5.75 Å². The van der Waals surface area contributed by atoms with E-state index >= 15 is 0 Å². The van der Waals surface area contributed by atoms with Crippen molar-refractivity contribution >= 4 is 16.9 Å². The minimum atomic E-state index is -0.381. The molecule has 1 N–H and O–H groups in total. The number of hydrogen-bond donors (Lipinski definition) is 1. The van der Waals surface area contributed by atoms with E-state index in [1.807, 2.05) is 51.1 Å². The molecule has 5 nitrogen and oxygen atoms in total. The predicted octanol–water partition coefficient (Wildman–Crippen LogP) is 1.52. The molecule has 1 heterocycles. The molecule has 0 unspecified atom stereocenters. The summed E-state index contributed by atoms with van der Waals surface area (Å²) in [5.74, 6) is 1.96. The van der Waals surface area contributed by atoms with E-state index < -0.39 is 0 Å². The van der Waals surface area contributed by atoms with E-state index in [9.17, 15) is 4.79 Å². The lowest BCUT2D eigenvalue weighted by Gasteiger charge is -2.17. The molecule has 2 aromatic carbocycles. The second-order valence-corrected chi connectivity index (χ2v) is 8.44. The third-order valence-electron chi connectivity index (χ3n) is 4.86. The van der Waals surface area contributed by atoms with Crippen LogP contribution in [0.1, 0.15) is 38.6 Å². The molecule has 0 radical (unpaired) electrons. The molecule has 3 rings (SSSR count). The van der Waals surface area contributed by atoms with Crippen LogP contribution in [0.3, 0.4) is 0 Å². The maximum Gasteiger partial charge on any atom is 0.225 e. The number of ether oxygens (including phenoxy) is 1. The van der Waals surface area contributed by atoms with Crippen LogP contribution in [0.2, 0.25) is 0 Å². The Balaban J connectivity index is 0.00000320. The molecule has 0 bridgehead atoms. The van der Waals surface area contributed by atoms with E-state index in [4.69, 9.17) is 9.72 Å². The van der Waals surface area contributed by atoms with Crippen LogP contribution in [-0.2, 0) is 17.8 Å². The van der Waals surface area contributed by atoms with Crippen molar-refractivity contribution in [1.82, 2.24) is 14.9 Å². The van der Waals surface area contributed by atoms with Gasteiger partial charge in [-0.05, 0) is 37.6 Å². The lowest BCUT2D eigenvalue weighted by molar-refractivity contribution is -0.128. The molecule has 1 aromatic heterocycles. The van der Waals surface area contributed by atoms with Gasteiger partial charge in [0, 0.05) is 24.9 Å². The molecule has 6 heteroatoms. The summed E-state index contributed by atoms with van der Waals surface area (Å²) in [6.45, 7) is 9.90. The van der Waals surface area contributed by atoms with Crippen molar-refractivity contribution in [3.05, 3.63) is 59.9 Å². The van der Waals surface area contributed by atoms with Gasteiger partial charge in [0.15, 0.2) is 0 Å². The van der Waals surface area contributed by atoms with E-state index in [-0.39, 0.29) is 23.7 Å². The van der Waals surface area contributed by atoms with Crippen molar-refractivity contribution in [2.45, 2.75) is 47.1 Å². The number of amides is 1. The fourth-order valence-corrected chi connectivity index (χ4v) is 3.17. The normalized spacial score (nSPS) is 11.2. The Morgan fingerprint density at radius 3 is 2.50 bits per heavy atom. The molecule has 0 aliphatic carbocycles. The smallest absolute Gasteiger partial charge is 0.225 e. The number of rotatable bonds is 8. The molecular formula is C24H31ClN3O2-. The maximum atomic E-state index is 12.1. The number of halogens is 1.